The number of nitrogens with one attached hydrogen (secondary N) is 2. The normalized spacial score (nSPS) is 12.4. The Morgan fingerprint density at radius 2 is 2.19 bits per heavy atom. The molecule has 0 saturated heterocycles. The minimum absolute atomic E-state index is 0.107. The highest BCUT2D eigenvalue weighted by molar-refractivity contribution is 7.98. The van der Waals surface area contributed by atoms with E-state index in [1.165, 1.54) is 11.6 Å². The lowest BCUT2D eigenvalue weighted by Gasteiger charge is -2.15. The highest BCUT2D eigenvalue weighted by Gasteiger charge is 2.11. The molecule has 0 aromatic carbocycles. The van der Waals surface area contributed by atoms with Gasteiger partial charge in [-0.3, -0.25) is 14.3 Å². The second-order valence-corrected chi connectivity index (χ2v) is 4.49. The maximum Gasteiger partial charge on any atom is 0.329 e. The maximum atomic E-state index is 11.5. The van der Waals surface area contributed by atoms with Gasteiger partial charge in [0.05, 0.1) is 0 Å². The first-order chi connectivity index (χ1) is 7.47. The molecule has 7 heteroatoms. The molecule has 6 nitrogen and oxygen atoms in total. The van der Waals surface area contributed by atoms with Crippen molar-refractivity contribution in [2.24, 2.45) is 7.05 Å². The summed E-state index contributed by atoms with van der Waals surface area (Å²) in [7, 11) is 1.51. The molecule has 0 spiro atoms. The molecule has 0 fully saturated rings. The average Bonchev–Trinajstić information content (AvgIpc) is 2.22. The number of nitrogen functional groups attached to an aromatic ring is 1. The van der Waals surface area contributed by atoms with Gasteiger partial charge in [0.25, 0.3) is 5.56 Å². The van der Waals surface area contributed by atoms with Gasteiger partial charge in [-0.15, -0.1) is 0 Å². The van der Waals surface area contributed by atoms with Gasteiger partial charge in [0.15, 0.2) is 0 Å². The molecular weight excluding hydrogens is 228 g/mol. The summed E-state index contributed by atoms with van der Waals surface area (Å²) in [5.41, 5.74) is 4.97. The minimum atomic E-state index is -0.509. The van der Waals surface area contributed by atoms with Crippen molar-refractivity contribution in [3.8, 4) is 0 Å². The third-order valence-electron chi connectivity index (χ3n) is 2.18. The van der Waals surface area contributed by atoms with Crippen LogP contribution in [0.25, 0.3) is 0 Å². The van der Waals surface area contributed by atoms with Crippen LogP contribution >= 0.6 is 11.8 Å². The van der Waals surface area contributed by atoms with Gasteiger partial charge in [-0.25, -0.2) is 4.79 Å². The van der Waals surface area contributed by atoms with Crippen molar-refractivity contribution < 1.29 is 0 Å². The summed E-state index contributed by atoms with van der Waals surface area (Å²) in [6.07, 6.45) is 1.98. The molecule has 0 amide bonds. The molecule has 1 aromatic rings. The minimum Gasteiger partial charge on any atom is -0.383 e. The number of nitrogens with two attached hydrogens (primary N) is 1. The van der Waals surface area contributed by atoms with Gasteiger partial charge in [0.1, 0.15) is 11.5 Å². The number of nitrogens with zero attached hydrogens (tertiary/aromatic N) is 1. The summed E-state index contributed by atoms with van der Waals surface area (Å²) >= 11 is 1.66. The van der Waals surface area contributed by atoms with Crippen LogP contribution in [0.2, 0.25) is 0 Å². The van der Waals surface area contributed by atoms with Crippen LogP contribution in [0.1, 0.15) is 6.92 Å². The highest BCUT2D eigenvalue weighted by Crippen LogP contribution is 2.11. The second kappa shape index (κ2) is 5.11. The van der Waals surface area contributed by atoms with Crippen LogP contribution < -0.4 is 22.3 Å². The lowest BCUT2D eigenvalue weighted by Crippen LogP contribution is -2.34. The number of aromatic amines is 1. The van der Waals surface area contributed by atoms with E-state index in [1.54, 1.807) is 11.8 Å². The van der Waals surface area contributed by atoms with Crippen LogP contribution in [0, 0.1) is 0 Å². The van der Waals surface area contributed by atoms with Gasteiger partial charge in [-0.05, 0) is 13.2 Å². The number of hydrogen-bond acceptors (Lipinski definition) is 5. The van der Waals surface area contributed by atoms with Crippen LogP contribution in [0.15, 0.2) is 9.59 Å². The molecule has 0 aliphatic heterocycles. The fourth-order valence-corrected chi connectivity index (χ4v) is 1.90. The van der Waals surface area contributed by atoms with E-state index < -0.39 is 11.2 Å². The van der Waals surface area contributed by atoms with Gasteiger partial charge < -0.3 is 11.1 Å². The van der Waals surface area contributed by atoms with Crippen LogP contribution in [-0.4, -0.2) is 27.6 Å². The van der Waals surface area contributed by atoms with E-state index in [0.29, 0.717) is 0 Å². The lowest BCUT2D eigenvalue weighted by atomic mass is 10.3. The van der Waals surface area contributed by atoms with Gasteiger partial charge in [-0.2, -0.15) is 11.8 Å². The summed E-state index contributed by atoms with van der Waals surface area (Å²) < 4.78 is 1.20. The maximum absolute atomic E-state index is 11.5. The SMILES string of the molecule is CSCC(C)Nc1c(N)n(C)c(=O)[nH]c1=O. The third kappa shape index (κ3) is 2.60. The van der Waals surface area contributed by atoms with E-state index in [0.717, 1.165) is 5.75 Å². The summed E-state index contributed by atoms with van der Waals surface area (Å²) in [5.74, 6) is 1.00. The smallest absolute Gasteiger partial charge is 0.329 e. The Balaban J connectivity index is 3.10. The first-order valence-corrected chi connectivity index (χ1v) is 6.21. The van der Waals surface area contributed by atoms with Crippen molar-refractivity contribution in [1.82, 2.24) is 9.55 Å². The van der Waals surface area contributed by atoms with Crippen LogP contribution in [-0.2, 0) is 7.05 Å². The molecule has 0 aliphatic rings. The molecule has 1 atom stereocenters. The zero-order valence-corrected chi connectivity index (χ0v) is 10.4. The van der Waals surface area contributed by atoms with Crippen LogP contribution in [0.5, 0.6) is 0 Å². The molecule has 0 saturated carbocycles. The highest BCUT2D eigenvalue weighted by atomic mass is 32.2. The van der Waals surface area contributed by atoms with E-state index in [4.69, 9.17) is 5.73 Å². The van der Waals surface area contributed by atoms with Crippen LogP contribution in [0.3, 0.4) is 0 Å². The predicted octanol–water partition coefficient (Wildman–Crippen LogP) is -0.181. The number of hydrogen-bond donors (Lipinski definition) is 3. The Morgan fingerprint density at radius 3 is 2.75 bits per heavy atom. The molecule has 4 N–H and O–H groups in total. The number of aromatic nitrogens is 2. The van der Waals surface area contributed by atoms with E-state index in [-0.39, 0.29) is 17.5 Å². The second-order valence-electron chi connectivity index (χ2n) is 3.58. The molecule has 1 aromatic heterocycles. The van der Waals surface area contributed by atoms with E-state index in [9.17, 15) is 9.59 Å². The Morgan fingerprint density at radius 1 is 1.56 bits per heavy atom. The Labute approximate surface area is 97.2 Å². The molecule has 1 unspecified atom stereocenters. The zero-order valence-electron chi connectivity index (χ0n) is 9.53. The Bertz CT molecular complexity index is 479. The van der Waals surface area contributed by atoms with Crippen molar-refractivity contribution in [3.05, 3.63) is 20.8 Å². The number of anilines is 2. The third-order valence-corrected chi connectivity index (χ3v) is 3.01. The quantitative estimate of drug-likeness (QED) is 0.683. The largest absolute Gasteiger partial charge is 0.383 e. The topological polar surface area (TPSA) is 92.9 Å². The van der Waals surface area contributed by atoms with E-state index in [1.807, 2.05) is 13.2 Å². The molecule has 0 aliphatic carbocycles. The first-order valence-electron chi connectivity index (χ1n) is 4.81. The van der Waals surface area contributed by atoms with Gasteiger partial charge in [0.2, 0.25) is 0 Å². The Kier molecular flexibility index (Phi) is 4.05. The molecule has 1 rings (SSSR count). The van der Waals surface area contributed by atoms with Crippen molar-refractivity contribution in [2.45, 2.75) is 13.0 Å². The van der Waals surface area contributed by atoms with Gasteiger partial charge >= 0.3 is 5.69 Å². The standard InChI is InChI=1S/C9H16N4O2S/c1-5(4-16-3)11-6-7(10)13(2)9(15)12-8(6)14/h5,11H,4,10H2,1-3H3,(H,12,14,15). The van der Waals surface area contributed by atoms with E-state index >= 15 is 0 Å². The van der Waals surface area contributed by atoms with Crippen molar-refractivity contribution in [2.75, 3.05) is 23.1 Å². The average molecular weight is 244 g/mol. The summed E-state index contributed by atoms with van der Waals surface area (Å²) in [4.78, 5) is 25.0. The molecule has 1 heterocycles. The fraction of sp³-hybridized carbons (Fsp3) is 0.556. The van der Waals surface area contributed by atoms with E-state index in [2.05, 4.69) is 10.3 Å². The fourth-order valence-electron chi connectivity index (χ4n) is 1.31. The summed E-state index contributed by atoms with van der Waals surface area (Å²) in [5, 5.41) is 3.00. The van der Waals surface area contributed by atoms with Gasteiger partial charge in [-0.1, -0.05) is 0 Å². The van der Waals surface area contributed by atoms with Crippen molar-refractivity contribution >= 4 is 23.3 Å². The Hall–Kier alpha value is -1.37. The van der Waals surface area contributed by atoms with Crippen molar-refractivity contribution in [1.29, 1.82) is 0 Å². The lowest BCUT2D eigenvalue weighted by molar-refractivity contribution is 0.805. The van der Waals surface area contributed by atoms with Crippen LogP contribution in [0.4, 0.5) is 11.5 Å². The number of rotatable bonds is 4. The molecule has 90 valence electrons. The molecular formula is C9H16N4O2S. The summed E-state index contributed by atoms with van der Waals surface area (Å²) in [6.45, 7) is 1.94. The first kappa shape index (κ1) is 12.7. The van der Waals surface area contributed by atoms with Gasteiger partial charge in [0, 0.05) is 18.8 Å². The molecule has 0 bridgehead atoms. The predicted molar refractivity (Wildman–Crippen MR) is 68.2 cm³/mol. The zero-order chi connectivity index (χ0) is 12.3. The van der Waals surface area contributed by atoms with Crippen molar-refractivity contribution in [3.63, 3.8) is 0 Å². The summed E-state index contributed by atoms with van der Waals surface area (Å²) in [6, 6.07) is 0.107. The monoisotopic (exact) mass is 244 g/mol. The molecule has 16 heavy (non-hydrogen) atoms. The number of H-pyrrole nitrogens is 1. The number of thioether (sulfide) groups is 1. The molecule has 0 radical (unpaired) electrons.